The summed E-state index contributed by atoms with van der Waals surface area (Å²) in [6.45, 7) is 0. The van der Waals surface area contributed by atoms with Gasteiger partial charge in [0.25, 0.3) is 0 Å². The highest BCUT2D eigenvalue weighted by molar-refractivity contribution is 7.87. The van der Waals surface area contributed by atoms with Crippen LogP contribution in [0.2, 0.25) is 0 Å². The van der Waals surface area contributed by atoms with Crippen LogP contribution >= 0.6 is 0 Å². The summed E-state index contributed by atoms with van der Waals surface area (Å²) in [7, 11) is -5.61. The molecule has 0 bridgehead atoms. The quantitative estimate of drug-likeness (QED) is 0.617. The average Bonchev–Trinajstić information content (AvgIpc) is 2.27. The van der Waals surface area contributed by atoms with Crippen LogP contribution in [0.3, 0.4) is 0 Å². The highest BCUT2D eigenvalue weighted by Crippen LogP contribution is 2.33. The van der Waals surface area contributed by atoms with E-state index in [1.807, 2.05) is 0 Å². The monoisotopic (exact) mass is 278 g/mol. The molecule has 0 heterocycles. The van der Waals surface area contributed by atoms with Gasteiger partial charge in [-0.05, 0) is 24.5 Å². The van der Waals surface area contributed by atoms with Gasteiger partial charge < -0.3 is 4.18 Å². The molecule has 0 amide bonds. The molecule has 1 aromatic carbocycles. The lowest BCUT2D eigenvalue weighted by Crippen LogP contribution is -2.25. The minimum absolute atomic E-state index is 0.255. The second-order valence-electron chi connectivity index (χ2n) is 3.75. The molecule has 7 heteroatoms. The fourth-order valence-electron chi connectivity index (χ4n) is 1.69. The molecule has 1 aromatic rings. The van der Waals surface area contributed by atoms with Crippen molar-refractivity contribution in [2.45, 2.75) is 18.3 Å². The van der Waals surface area contributed by atoms with Crippen molar-refractivity contribution >= 4 is 15.9 Å². The Hall–Kier alpha value is -1.50. The van der Waals surface area contributed by atoms with Crippen LogP contribution in [0.5, 0.6) is 0 Å². The van der Waals surface area contributed by atoms with Crippen molar-refractivity contribution in [2.75, 3.05) is 0 Å². The lowest BCUT2D eigenvalue weighted by molar-refractivity contribution is -0.0509. The maximum Gasteiger partial charge on any atom is 0.534 e. The molecular weight excluding hydrogens is 269 g/mol. The molecule has 0 aliphatic heterocycles. The van der Waals surface area contributed by atoms with E-state index >= 15 is 0 Å². The molecule has 98 valence electrons. The third-order valence-corrected chi connectivity index (χ3v) is 3.48. The van der Waals surface area contributed by atoms with Gasteiger partial charge in [0.05, 0.1) is 0 Å². The van der Waals surface area contributed by atoms with Gasteiger partial charge in [-0.3, -0.25) is 0 Å². The molecule has 0 atom stereocenters. The van der Waals surface area contributed by atoms with Crippen molar-refractivity contribution in [2.24, 2.45) is 0 Å². The van der Waals surface area contributed by atoms with Crippen LogP contribution in [-0.4, -0.2) is 13.9 Å². The number of allylic oxidation sites excluding steroid dienone is 1. The molecule has 18 heavy (non-hydrogen) atoms. The predicted molar refractivity (Wildman–Crippen MR) is 58.8 cm³/mol. The maximum absolute atomic E-state index is 12.2. The average molecular weight is 278 g/mol. The van der Waals surface area contributed by atoms with Crippen LogP contribution in [-0.2, 0) is 20.7 Å². The Labute approximate surface area is 102 Å². The molecule has 1 aliphatic carbocycles. The topological polar surface area (TPSA) is 43.4 Å². The molecule has 0 unspecified atom stereocenters. The van der Waals surface area contributed by atoms with Gasteiger partial charge >= 0.3 is 15.6 Å². The van der Waals surface area contributed by atoms with E-state index < -0.39 is 15.6 Å². The van der Waals surface area contributed by atoms with Crippen LogP contribution in [0.1, 0.15) is 17.5 Å². The Morgan fingerprint density at radius 2 is 1.83 bits per heavy atom. The Morgan fingerprint density at radius 1 is 1.17 bits per heavy atom. The van der Waals surface area contributed by atoms with Gasteiger partial charge in [0.1, 0.15) is 5.76 Å². The summed E-state index contributed by atoms with van der Waals surface area (Å²) in [6, 6.07) is 6.61. The van der Waals surface area contributed by atoms with E-state index in [0.29, 0.717) is 18.4 Å². The Balaban J connectivity index is 2.35. The summed E-state index contributed by atoms with van der Waals surface area (Å²) in [4.78, 5) is 0. The van der Waals surface area contributed by atoms with Crippen molar-refractivity contribution in [1.29, 1.82) is 0 Å². The number of halogens is 3. The third-order valence-electron chi connectivity index (χ3n) is 2.51. The van der Waals surface area contributed by atoms with Crippen molar-refractivity contribution in [3.63, 3.8) is 0 Å². The van der Waals surface area contributed by atoms with Crippen molar-refractivity contribution in [3.05, 3.63) is 41.5 Å². The van der Waals surface area contributed by atoms with Crippen LogP contribution in [0, 0.1) is 0 Å². The van der Waals surface area contributed by atoms with Crippen molar-refractivity contribution in [1.82, 2.24) is 0 Å². The summed E-state index contributed by atoms with van der Waals surface area (Å²) in [6.07, 6.45) is 2.44. The van der Waals surface area contributed by atoms with E-state index in [9.17, 15) is 21.6 Å². The van der Waals surface area contributed by atoms with Gasteiger partial charge in [-0.2, -0.15) is 21.6 Å². The zero-order chi connectivity index (χ0) is 13.4. The fraction of sp³-hybridized carbons (Fsp3) is 0.273. The van der Waals surface area contributed by atoms with Gasteiger partial charge in [0.15, 0.2) is 0 Å². The summed E-state index contributed by atoms with van der Waals surface area (Å²) < 4.78 is 62.7. The SMILES string of the molecule is O=S(=O)(OC1=CCCc2ccccc21)C(F)(F)F. The number of fused-ring (bicyclic) bond motifs is 1. The standard InChI is InChI=1S/C11H9F3O3S/c12-11(13,14)18(15,16)17-10-7-3-5-8-4-1-2-6-9(8)10/h1-2,4,6-7H,3,5H2. The first-order valence-electron chi connectivity index (χ1n) is 5.10. The lowest BCUT2D eigenvalue weighted by atomic mass is 9.96. The van der Waals surface area contributed by atoms with Gasteiger partial charge in [-0.1, -0.05) is 24.3 Å². The molecule has 0 radical (unpaired) electrons. The van der Waals surface area contributed by atoms with E-state index in [0.717, 1.165) is 5.56 Å². The van der Waals surface area contributed by atoms with Crippen molar-refractivity contribution < 1.29 is 25.8 Å². The highest BCUT2D eigenvalue weighted by atomic mass is 32.2. The van der Waals surface area contributed by atoms with E-state index in [-0.39, 0.29) is 5.76 Å². The molecule has 0 spiro atoms. The van der Waals surface area contributed by atoms with Crippen LogP contribution < -0.4 is 0 Å². The summed E-state index contributed by atoms with van der Waals surface area (Å²) in [5.74, 6) is -0.255. The first kappa shape index (κ1) is 12.9. The Morgan fingerprint density at radius 3 is 2.50 bits per heavy atom. The van der Waals surface area contributed by atoms with E-state index in [1.165, 1.54) is 12.1 Å². The largest absolute Gasteiger partial charge is 0.534 e. The number of rotatable bonds is 2. The van der Waals surface area contributed by atoms with Gasteiger partial charge in [-0.25, -0.2) is 0 Å². The van der Waals surface area contributed by atoms with Gasteiger partial charge in [0, 0.05) is 5.56 Å². The van der Waals surface area contributed by atoms with Crippen LogP contribution in [0.4, 0.5) is 13.2 Å². The summed E-state index contributed by atoms with van der Waals surface area (Å²) in [5.41, 5.74) is -4.26. The first-order chi connectivity index (χ1) is 8.31. The molecule has 0 N–H and O–H groups in total. The Kier molecular flexibility index (Phi) is 3.10. The molecule has 3 nitrogen and oxygen atoms in total. The first-order valence-corrected chi connectivity index (χ1v) is 6.51. The minimum atomic E-state index is -5.61. The summed E-state index contributed by atoms with van der Waals surface area (Å²) >= 11 is 0. The zero-order valence-corrected chi connectivity index (χ0v) is 9.88. The molecular formula is C11H9F3O3S. The number of hydrogen-bond donors (Lipinski definition) is 0. The molecule has 2 rings (SSSR count). The van der Waals surface area contributed by atoms with Gasteiger partial charge in [0.2, 0.25) is 0 Å². The van der Waals surface area contributed by atoms with Crippen molar-refractivity contribution in [3.8, 4) is 0 Å². The number of hydrogen-bond acceptors (Lipinski definition) is 3. The second kappa shape index (κ2) is 4.31. The number of alkyl halides is 3. The second-order valence-corrected chi connectivity index (χ2v) is 5.29. The molecule has 0 aromatic heterocycles. The normalized spacial score (nSPS) is 15.8. The molecule has 0 saturated heterocycles. The minimum Gasteiger partial charge on any atom is -0.376 e. The van der Waals surface area contributed by atoms with E-state index in [1.54, 1.807) is 18.2 Å². The van der Waals surface area contributed by atoms with Crippen LogP contribution in [0.25, 0.3) is 5.76 Å². The van der Waals surface area contributed by atoms with Gasteiger partial charge in [-0.15, -0.1) is 0 Å². The number of benzene rings is 1. The number of aryl methyl sites for hydroxylation is 1. The third kappa shape index (κ3) is 2.35. The molecule has 1 aliphatic rings. The fourth-order valence-corrected chi connectivity index (χ4v) is 2.18. The molecule has 0 fully saturated rings. The Bertz CT molecular complexity index is 588. The van der Waals surface area contributed by atoms with E-state index in [2.05, 4.69) is 4.18 Å². The maximum atomic E-state index is 12.2. The summed E-state index contributed by atoms with van der Waals surface area (Å²) in [5, 5.41) is 0. The smallest absolute Gasteiger partial charge is 0.376 e. The zero-order valence-electron chi connectivity index (χ0n) is 9.07. The highest BCUT2D eigenvalue weighted by Gasteiger charge is 2.49. The van der Waals surface area contributed by atoms with E-state index in [4.69, 9.17) is 0 Å². The molecule has 0 saturated carbocycles. The van der Waals surface area contributed by atoms with Crippen LogP contribution in [0.15, 0.2) is 30.3 Å². The lowest BCUT2D eigenvalue weighted by Gasteiger charge is -2.18. The predicted octanol–water partition coefficient (Wildman–Crippen LogP) is 2.84.